The van der Waals surface area contributed by atoms with Gasteiger partial charge in [-0.25, -0.2) is 9.78 Å². The summed E-state index contributed by atoms with van der Waals surface area (Å²) in [5.41, 5.74) is 9.28. The number of amides is 3. The van der Waals surface area contributed by atoms with Crippen LogP contribution in [-0.2, 0) is 17.8 Å². The van der Waals surface area contributed by atoms with Crippen molar-refractivity contribution in [3.05, 3.63) is 41.9 Å². The largest absolute Gasteiger partial charge is 0.352 e. The summed E-state index contributed by atoms with van der Waals surface area (Å²) in [5, 5.41) is 2.96. The van der Waals surface area contributed by atoms with Crippen LogP contribution >= 0.6 is 0 Å². The Labute approximate surface area is 151 Å². The fourth-order valence-corrected chi connectivity index (χ4v) is 3.26. The Morgan fingerprint density at radius 1 is 1.19 bits per heavy atom. The van der Waals surface area contributed by atoms with Crippen molar-refractivity contribution < 1.29 is 9.59 Å². The van der Waals surface area contributed by atoms with Crippen molar-refractivity contribution in [3.8, 4) is 11.1 Å². The summed E-state index contributed by atoms with van der Waals surface area (Å²) in [6.07, 6.45) is 9.00. The second kappa shape index (κ2) is 6.74. The molecule has 134 valence electrons. The number of primary amides is 1. The van der Waals surface area contributed by atoms with Gasteiger partial charge in [0.2, 0.25) is 5.91 Å². The third kappa shape index (κ3) is 3.37. The summed E-state index contributed by atoms with van der Waals surface area (Å²) < 4.78 is 0. The third-order valence-corrected chi connectivity index (χ3v) is 4.84. The minimum absolute atomic E-state index is 0.123. The molecule has 3 N–H and O–H groups in total. The van der Waals surface area contributed by atoms with Gasteiger partial charge < -0.3 is 11.1 Å². The van der Waals surface area contributed by atoms with E-state index >= 15 is 0 Å². The molecular weight excluding hydrogens is 330 g/mol. The molecule has 1 saturated carbocycles. The second-order valence-corrected chi connectivity index (χ2v) is 6.87. The van der Waals surface area contributed by atoms with E-state index in [-0.39, 0.29) is 11.8 Å². The lowest BCUT2D eigenvalue weighted by Crippen LogP contribution is -2.40. The van der Waals surface area contributed by atoms with E-state index < -0.39 is 6.03 Å². The molecule has 3 heterocycles. The van der Waals surface area contributed by atoms with Gasteiger partial charge in [-0.3, -0.25) is 14.7 Å². The summed E-state index contributed by atoms with van der Waals surface area (Å²) in [7, 11) is 0. The van der Waals surface area contributed by atoms with Crippen LogP contribution in [0.1, 0.15) is 30.4 Å². The SMILES string of the molecule is NC(=O)N1CCCc2cc(-c3cncc(CNC(=O)C4CC4)c3)cnc21. The summed E-state index contributed by atoms with van der Waals surface area (Å²) >= 11 is 0. The van der Waals surface area contributed by atoms with Crippen LogP contribution in [0.2, 0.25) is 0 Å². The summed E-state index contributed by atoms with van der Waals surface area (Å²) in [5.74, 6) is 0.967. The number of anilines is 1. The number of aryl methyl sites for hydroxylation is 1. The first-order valence-corrected chi connectivity index (χ1v) is 8.90. The first-order chi connectivity index (χ1) is 12.6. The van der Waals surface area contributed by atoms with Crippen molar-refractivity contribution in [3.63, 3.8) is 0 Å². The van der Waals surface area contributed by atoms with E-state index in [1.807, 2.05) is 12.1 Å². The molecular formula is C19H21N5O2. The first-order valence-electron chi connectivity index (χ1n) is 8.90. The van der Waals surface area contributed by atoms with E-state index in [1.54, 1.807) is 18.6 Å². The Hall–Kier alpha value is -2.96. The van der Waals surface area contributed by atoms with Crippen molar-refractivity contribution in [2.45, 2.75) is 32.2 Å². The number of nitrogens with zero attached hydrogens (tertiary/aromatic N) is 3. The lowest BCUT2D eigenvalue weighted by Gasteiger charge is -2.26. The number of rotatable bonds is 4. The van der Waals surface area contributed by atoms with E-state index in [9.17, 15) is 9.59 Å². The number of pyridine rings is 2. The second-order valence-electron chi connectivity index (χ2n) is 6.87. The molecule has 1 aliphatic carbocycles. The fourth-order valence-electron chi connectivity index (χ4n) is 3.26. The van der Waals surface area contributed by atoms with Crippen LogP contribution in [0, 0.1) is 5.92 Å². The maximum absolute atomic E-state index is 11.8. The molecule has 4 rings (SSSR count). The van der Waals surface area contributed by atoms with Crippen LogP contribution < -0.4 is 16.0 Å². The molecule has 0 saturated heterocycles. The predicted molar refractivity (Wildman–Crippen MR) is 97.3 cm³/mol. The zero-order valence-electron chi connectivity index (χ0n) is 14.4. The van der Waals surface area contributed by atoms with Gasteiger partial charge in [-0.15, -0.1) is 0 Å². The van der Waals surface area contributed by atoms with Gasteiger partial charge in [0.25, 0.3) is 0 Å². The van der Waals surface area contributed by atoms with E-state index in [4.69, 9.17) is 5.73 Å². The average Bonchev–Trinajstić information content (AvgIpc) is 3.50. The molecule has 1 aliphatic heterocycles. The quantitative estimate of drug-likeness (QED) is 0.879. The lowest BCUT2D eigenvalue weighted by atomic mass is 10.0. The van der Waals surface area contributed by atoms with Crippen molar-refractivity contribution >= 4 is 17.8 Å². The monoisotopic (exact) mass is 351 g/mol. The number of aromatic nitrogens is 2. The summed E-state index contributed by atoms with van der Waals surface area (Å²) in [6, 6.07) is 3.58. The van der Waals surface area contributed by atoms with Crippen LogP contribution in [0.4, 0.5) is 10.6 Å². The number of carbonyl (C=O) groups excluding carboxylic acids is 2. The molecule has 0 unspecified atom stereocenters. The molecule has 1 fully saturated rings. The molecule has 0 aromatic carbocycles. The van der Waals surface area contributed by atoms with Crippen LogP contribution in [0.3, 0.4) is 0 Å². The standard InChI is InChI=1S/C19H21N5O2/c20-19(26)24-5-1-2-14-7-16(11-22-17(14)24)15-6-12(8-21-10-15)9-23-18(25)13-3-4-13/h6-8,10-11,13H,1-5,9H2,(H2,20,26)(H,23,25). The number of hydrogen-bond acceptors (Lipinski definition) is 4. The number of carbonyl (C=O) groups is 2. The molecule has 0 spiro atoms. The molecule has 2 aliphatic rings. The number of nitrogens with one attached hydrogen (secondary N) is 1. The van der Waals surface area contributed by atoms with E-state index in [0.29, 0.717) is 18.9 Å². The van der Waals surface area contributed by atoms with Gasteiger partial charge >= 0.3 is 6.03 Å². The maximum atomic E-state index is 11.8. The Bertz CT molecular complexity index is 863. The van der Waals surface area contributed by atoms with Crippen LogP contribution in [-0.4, -0.2) is 28.5 Å². The number of fused-ring (bicyclic) bond motifs is 1. The highest BCUT2D eigenvalue weighted by Gasteiger charge is 2.29. The van der Waals surface area contributed by atoms with E-state index in [0.717, 1.165) is 47.9 Å². The van der Waals surface area contributed by atoms with Gasteiger partial charge in [-0.2, -0.15) is 0 Å². The highest BCUT2D eigenvalue weighted by atomic mass is 16.2. The van der Waals surface area contributed by atoms with Crippen LogP contribution in [0.25, 0.3) is 11.1 Å². The maximum Gasteiger partial charge on any atom is 0.320 e. The third-order valence-electron chi connectivity index (χ3n) is 4.84. The highest BCUT2D eigenvalue weighted by Crippen LogP contribution is 2.30. The Morgan fingerprint density at radius 2 is 2.00 bits per heavy atom. The zero-order chi connectivity index (χ0) is 18.1. The smallest absolute Gasteiger partial charge is 0.320 e. The van der Waals surface area contributed by atoms with Gasteiger partial charge in [-0.05, 0) is 48.9 Å². The summed E-state index contributed by atoms with van der Waals surface area (Å²) in [4.78, 5) is 33.6. The van der Waals surface area contributed by atoms with Gasteiger partial charge in [-0.1, -0.05) is 0 Å². The van der Waals surface area contributed by atoms with Crippen molar-refractivity contribution in [1.29, 1.82) is 0 Å². The predicted octanol–water partition coefficient (Wildman–Crippen LogP) is 2.00. The van der Waals surface area contributed by atoms with E-state index in [1.165, 1.54) is 4.90 Å². The Morgan fingerprint density at radius 3 is 2.77 bits per heavy atom. The fraction of sp³-hybridized carbons (Fsp3) is 0.368. The number of nitrogens with two attached hydrogens (primary N) is 1. The lowest BCUT2D eigenvalue weighted by molar-refractivity contribution is -0.122. The van der Waals surface area contributed by atoms with Crippen LogP contribution in [0.15, 0.2) is 30.7 Å². The van der Waals surface area contributed by atoms with Crippen LogP contribution in [0.5, 0.6) is 0 Å². The van der Waals surface area contributed by atoms with Gasteiger partial charge in [0.05, 0.1) is 0 Å². The highest BCUT2D eigenvalue weighted by molar-refractivity contribution is 5.91. The zero-order valence-corrected chi connectivity index (χ0v) is 14.4. The van der Waals surface area contributed by atoms with E-state index in [2.05, 4.69) is 15.3 Å². The molecule has 7 nitrogen and oxygen atoms in total. The topological polar surface area (TPSA) is 101 Å². The Kier molecular flexibility index (Phi) is 4.28. The molecule has 2 aromatic rings. The minimum atomic E-state index is -0.471. The van der Waals surface area contributed by atoms with Crippen molar-refractivity contribution in [1.82, 2.24) is 15.3 Å². The van der Waals surface area contributed by atoms with Crippen molar-refractivity contribution in [2.75, 3.05) is 11.4 Å². The molecule has 2 aromatic heterocycles. The number of urea groups is 1. The molecule has 0 radical (unpaired) electrons. The van der Waals surface area contributed by atoms with Gasteiger partial charge in [0.15, 0.2) is 0 Å². The molecule has 3 amide bonds. The van der Waals surface area contributed by atoms with Crippen molar-refractivity contribution in [2.24, 2.45) is 11.7 Å². The average molecular weight is 351 g/mol. The molecule has 26 heavy (non-hydrogen) atoms. The molecule has 7 heteroatoms. The first kappa shape index (κ1) is 16.5. The number of hydrogen-bond donors (Lipinski definition) is 2. The van der Waals surface area contributed by atoms with Gasteiger partial charge in [0.1, 0.15) is 5.82 Å². The Balaban J connectivity index is 1.54. The minimum Gasteiger partial charge on any atom is -0.352 e. The van der Waals surface area contributed by atoms with Gasteiger partial charge in [0, 0.05) is 48.7 Å². The molecule has 0 bridgehead atoms. The molecule has 0 atom stereocenters. The summed E-state index contributed by atoms with van der Waals surface area (Å²) in [6.45, 7) is 1.08. The normalized spacial score (nSPS) is 16.1.